The SMILES string of the molecule is Cl[Si](Cl)Cl.F[B]F. The van der Waals surface area contributed by atoms with E-state index in [1.165, 1.54) is 0 Å². The van der Waals surface area contributed by atoms with E-state index in [0.29, 0.717) is 0 Å². The van der Waals surface area contributed by atoms with Crippen molar-refractivity contribution in [2.75, 3.05) is 0 Å². The lowest BCUT2D eigenvalue weighted by atomic mass is 10.6. The predicted molar refractivity (Wildman–Crippen MR) is 31.3 cm³/mol. The number of halogens is 5. The second-order valence-electron chi connectivity index (χ2n) is 0.297. The van der Waals surface area contributed by atoms with Crippen molar-refractivity contribution in [2.45, 2.75) is 0 Å². The Labute approximate surface area is 56.8 Å². The van der Waals surface area contributed by atoms with Crippen molar-refractivity contribution in [3.8, 4) is 0 Å². The fraction of sp³-hybridized carbons (Fsp3) is 0. The first-order chi connectivity index (χ1) is 3.15. The Morgan fingerprint density at radius 1 is 1.14 bits per heavy atom. The summed E-state index contributed by atoms with van der Waals surface area (Å²) in [5, 5.41) is 0. The standard InChI is InChI=1S/BF2.Cl3Si/c2-1-3;1-4(2)3. The molecule has 7 heteroatoms. The molecule has 0 aliphatic carbocycles. The minimum atomic E-state index is -1.46. The van der Waals surface area contributed by atoms with Gasteiger partial charge in [-0.3, -0.25) is 8.63 Å². The van der Waals surface area contributed by atoms with Crippen molar-refractivity contribution in [1.29, 1.82) is 0 Å². The Kier molecular flexibility index (Phi) is 15.7. The van der Waals surface area contributed by atoms with Crippen LogP contribution in [-0.4, -0.2) is 14.6 Å². The molecule has 0 saturated carbocycles. The van der Waals surface area contributed by atoms with Gasteiger partial charge in [0.2, 0.25) is 0 Å². The van der Waals surface area contributed by atoms with E-state index in [-0.39, 0.29) is 0 Å². The van der Waals surface area contributed by atoms with E-state index in [1.54, 1.807) is 0 Å². The zero-order chi connectivity index (χ0) is 6.28. The largest absolute Gasteiger partial charge is 0.577 e. The number of rotatable bonds is 0. The van der Waals surface area contributed by atoms with Crippen LogP contribution in [0.3, 0.4) is 0 Å². The topological polar surface area (TPSA) is 0 Å². The third kappa shape index (κ3) is 172. The van der Waals surface area contributed by atoms with Gasteiger partial charge in [0, 0.05) is 0 Å². The summed E-state index contributed by atoms with van der Waals surface area (Å²) in [4.78, 5) is 0. The van der Waals surface area contributed by atoms with E-state index in [2.05, 4.69) is 0 Å². The molecule has 0 bridgehead atoms. The molecule has 0 fully saturated rings. The average molecular weight is 183 g/mol. The Hall–Kier alpha value is 1.01. The van der Waals surface area contributed by atoms with Gasteiger partial charge >= 0.3 is 14.6 Å². The fourth-order valence-corrected chi connectivity index (χ4v) is 0. The number of hydrogen-bond acceptors (Lipinski definition) is 0. The molecular formula is BCl3F2Si. The molecule has 0 aliphatic rings. The minimum Gasteiger partial charge on any atom is -0.289 e. The van der Waals surface area contributed by atoms with E-state index >= 15 is 0 Å². The lowest BCUT2D eigenvalue weighted by Crippen LogP contribution is -1.66. The van der Waals surface area contributed by atoms with E-state index in [9.17, 15) is 8.63 Å². The molecule has 7 heavy (non-hydrogen) atoms. The molecule has 0 N–H and O–H groups in total. The molecule has 0 rings (SSSR count). The maximum Gasteiger partial charge on any atom is 0.577 e. The van der Waals surface area contributed by atoms with Crippen molar-refractivity contribution < 1.29 is 8.63 Å². The highest BCUT2D eigenvalue weighted by molar-refractivity contribution is 7.54. The van der Waals surface area contributed by atoms with Crippen LogP contribution in [0.15, 0.2) is 0 Å². The molecule has 0 saturated heterocycles. The summed E-state index contributed by atoms with van der Waals surface area (Å²) >= 11 is 14.7. The van der Waals surface area contributed by atoms with Crippen LogP contribution in [0, 0.1) is 0 Å². The zero-order valence-corrected chi connectivity index (χ0v) is 6.23. The maximum atomic E-state index is 9.50. The Morgan fingerprint density at radius 2 is 1.14 bits per heavy atom. The summed E-state index contributed by atoms with van der Waals surface area (Å²) in [7, 11) is -1.00. The van der Waals surface area contributed by atoms with Crippen LogP contribution in [0.4, 0.5) is 8.63 Å². The summed E-state index contributed by atoms with van der Waals surface area (Å²) in [6.07, 6.45) is 0. The van der Waals surface area contributed by atoms with Crippen molar-refractivity contribution in [3.63, 3.8) is 0 Å². The summed E-state index contributed by atoms with van der Waals surface area (Å²) < 4.78 is 19.0. The van der Waals surface area contributed by atoms with Gasteiger partial charge in [0.1, 0.15) is 0 Å². The van der Waals surface area contributed by atoms with Crippen molar-refractivity contribution >= 4 is 47.8 Å². The first-order valence-corrected chi connectivity index (χ1v) is 5.54. The van der Waals surface area contributed by atoms with Gasteiger partial charge in [0.05, 0.1) is 0 Å². The molecule has 2 radical (unpaired) electrons. The highest BCUT2D eigenvalue weighted by Gasteiger charge is 1.88. The fourth-order valence-electron chi connectivity index (χ4n) is 0. The van der Waals surface area contributed by atoms with E-state index in [4.69, 9.17) is 33.2 Å². The van der Waals surface area contributed by atoms with Crippen LogP contribution < -0.4 is 0 Å². The molecule has 0 nitrogen and oxygen atoms in total. The molecule has 0 spiro atoms. The van der Waals surface area contributed by atoms with Gasteiger partial charge in [-0.25, -0.2) is 0 Å². The summed E-state index contributed by atoms with van der Waals surface area (Å²) in [6, 6.07) is 0. The highest BCUT2D eigenvalue weighted by Crippen LogP contribution is 1.97. The Morgan fingerprint density at radius 3 is 1.14 bits per heavy atom. The molecule has 0 atom stereocenters. The predicted octanol–water partition coefficient (Wildman–Crippen LogP) is 2.15. The molecule has 0 unspecified atom stereocenters. The number of hydrogen-bond donors (Lipinski definition) is 0. The van der Waals surface area contributed by atoms with Gasteiger partial charge in [-0.2, -0.15) is 0 Å². The molecule has 0 aliphatic heterocycles. The third-order valence-corrected chi connectivity index (χ3v) is 0. The molecule has 0 aromatic rings. The van der Waals surface area contributed by atoms with Crippen molar-refractivity contribution in [1.82, 2.24) is 0 Å². The van der Waals surface area contributed by atoms with E-state index in [0.717, 1.165) is 0 Å². The van der Waals surface area contributed by atoms with Crippen LogP contribution in [0.2, 0.25) is 0 Å². The van der Waals surface area contributed by atoms with E-state index in [1.807, 2.05) is 0 Å². The monoisotopic (exact) mass is 182 g/mol. The summed E-state index contributed by atoms with van der Waals surface area (Å²) in [6.45, 7) is -1.46. The lowest BCUT2D eigenvalue weighted by Gasteiger charge is -1.62. The van der Waals surface area contributed by atoms with Crippen molar-refractivity contribution in [3.05, 3.63) is 0 Å². The minimum absolute atomic E-state index is 1.00. The first-order valence-electron chi connectivity index (χ1n) is 1.00. The molecule has 0 heterocycles. The Balaban J connectivity index is 0. The third-order valence-electron chi connectivity index (χ3n) is 0. The van der Waals surface area contributed by atoms with Crippen LogP contribution >= 0.6 is 33.2 Å². The smallest absolute Gasteiger partial charge is 0.289 e. The molecular weight excluding hydrogens is 183 g/mol. The Bertz CT molecular complexity index is 24.1. The summed E-state index contributed by atoms with van der Waals surface area (Å²) in [5.41, 5.74) is 0. The molecule has 0 aromatic carbocycles. The highest BCUT2D eigenvalue weighted by atomic mass is 35.8. The summed E-state index contributed by atoms with van der Waals surface area (Å²) in [5.74, 6) is 0. The van der Waals surface area contributed by atoms with Gasteiger partial charge in [-0.15, -0.1) is 33.2 Å². The first kappa shape index (κ1) is 10.9. The second kappa shape index (κ2) is 10.1. The van der Waals surface area contributed by atoms with E-state index < -0.39 is 14.6 Å². The molecule has 0 aromatic heterocycles. The van der Waals surface area contributed by atoms with Gasteiger partial charge < -0.3 is 0 Å². The van der Waals surface area contributed by atoms with Gasteiger partial charge in [0.15, 0.2) is 0 Å². The van der Waals surface area contributed by atoms with Gasteiger partial charge in [-0.1, -0.05) is 0 Å². The maximum absolute atomic E-state index is 9.50. The lowest BCUT2D eigenvalue weighted by molar-refractivity contribution is 0.712. The quantitative estimate of drug-likeness (QED) is 0.399. The van der Waals surface area contributed by atoms with Crippen LogP contribution in [-0.2, 0) is 0 Å². The van der Waals surface area contributed by atoms with Gasteiger partial charge in [-0.05, 0) is 0 Å². The zero-order valence-electron chi connectivity index (χ0n) is 2.97. The molecule has 42 valence electrons. The van der Waals surface area contributed by atoms with Gasteiger partial charge in [0.25, 0.3) is 0 Å². The van der Waals surface area contributed by atoms with Crippen LogP contribution in [0.25, 0.3) is 0 Å². The average Bonchev–Trinajstić information content (AvgIpc) is 1.33. The molecule has 0 amide bonds. The normalized spacial score (nSPS) is 7.14. The van der Waals surface area contributed by atoms with Crippen LogP contribution in [0.5, 0.6) is 0 Å². The van der Waals surface area contributed by atoms with Crippen LogP contribution in [0.1, 0.15) is 0 Å². The van der Waals surface area contributed by atoms with Crippen molar-refractivity contribution in [2.24, 2.45) is 0 Å². The second-order valence-corrected chi connectivity index (χ2v) is 5.87.